The zero-order valence-electron chi connectivity index (χ0n) is 23.5. The van der Waals surface area contributed by atoms with E-state index in [1.54, 1.807) is 54.6 Å². The number of amides is 1. The molecule has 1 aromatic heterocycles. The van der Waals surface area contributed by atoms with Crippen molar-refractivity contribution in [1.29, 1.82) is 0 Å². The van der Waals surface area contributed by atoms with E-state index in [0.29, 0.717) is 47.5 Å². The first-order valence-electron chi connectivity index (χ1n) is 13.8. The molecule has 0 fully saturated rings. The van der Waals surface area contributed by atoms with Crippen molar-refractivity contribution in [2.75, 3.05) is 11.4 Å². The van der Waals surface area contributed by atoms with Crippen LogP contribution in [0.3, 0.4) is 0 Å². The van der Waals surface area contributed by atoms with Crippen molar-refractivity contribution in [2.45, 2.75) is 44.9 Å². The Labute approximate surface area is 246 Å². The minimum atomic E-state index is -1.71. The third kappa shape index (κ3) is 5.68. The van der Waals surface area contributed by atoms with E-state index >= 15 is 0 Å². The van der Waals surface area contributed by atoms with Gasteiger partial charge in [-0.1, -0.05) is 62.4 Å². The van der Waals surface area contributed by atoms with Gasteiger partial charge in [0.15, 0.2) is 0 Å². The van der Waals surface area contributed by atoms with Crippen LogP contribution in [0.2, 0.25) is 0 Å². The summed E-state index contributed by atoms with van der Waals surface area (Å²) in [4.78, 5) is 36.8. The van der Waals surface area contributed by atoms with Crippen LogP contribution in [0.4, 0.5) is 18.9 Å². The van der Waals surface area contributed by atoms with Gasteiger partial charge in [-0.3, -0.25) is 10.1 Å². The molecule has 1 aliphatic heterocycles. The number of anilines is 1. The van der Waals surface area contributed by atoms with Crippen molar-refractivity contribution in [3.05, 3.63) is 118 Å². The fraction of sp³-hybridized carbons (Fsp3) is 0.250. The summed E-state index contributed by atoms with van der Waals surface area (Å²) in [6.45, 7) is 2.81. The van der Waals surface area contributed by atoms with Crippen molar-refractivity contribution in [3.8, 4) is 6.01 Å². The Morgan fingerprint density at radius 1 is 0.977 bits per heavy atom. The highest BCUT2D eigenvalue weighted by atomic mass is 19.1. The Bertz CT molecular complexity index is 1620. The lowest BCUT2D eigenvalue weighted by molar-refractivity contribution is -0.149. The molecule has 43 heavy (non-hydrogen) atoms. The Morgan fingerprint density at radius 2 is 1.58 bits per heavy atom. The summed E-state index contributed by atoms with van der Waals surface area (Å²) >= 11 is 0. The molecule has 4 aromatic rings. The number of rotatable bonds is 9. The molecule has 2 atom stereocenters. The average molecular weight is 591 g/mol. The molecule has 0 aliphatic carbocycles. The first-order chi connectivity index (χ1) is 20.7. The summed E-state index contributed by atoms with van der Waals surface area (Å²) in [5.41, 5.74) is 0.0518. The van der Waals surface area contributed by atoms with E-state index in [4.69, 9.17) is 4.74 Å². The molecule has 0 saturated heterocycles. The summed E-state index contributed by atoms with van der Waals surface area (Å²) < 4.78 is 49.3. The first-order valence-corrected chi connectivity index (χ1v) is 13.8. The van der Waals surface area contributed by atoms with Crippen LogP contribution in [0, 0.1) is 17.5 Å². The molecule has 1 amide bonds. The molecule has 1 aliphatic rings. The van der Waals surface area contributed by atoms with E-state index in [2.05, 4.69) is 15.3 Å². The van der Waals surface area contributed by atoms with Crippen LogP contribution in [-0.4, -0.2) is 39.6 Å². The van der Waals surface area contributed by atoms with E-state index in [1.165, 1.54) is 0 Å². The maximum Gasteiger partial charge on any atom is 0.347 e. The molecule has 0 radical (unpaired) electrons. The monoisotopic (exact) mass is 590 g/mol. The summed E-state index contributed by atoms with van der Waals surface area (Å²) in [7, 11) is 0. The van der Waals surface area contributed by atoms with Crippen LogP contribution in [0.25, 0.3) is 0 Å². The van der Waals surface area contributed by atoms with Gasteiger partial charge < -0.3 is 14.7 Å². The van der Waals surface area contributed by atoms with Crippen LogP contribution in [0.5, 0.6) is 6.01 Å². The number of carboxylic acid groups (broad SMARTS) is 1. The molecule has 11 heteroatoms. The Kier molecular flexibility index (Phi) is 8.45. The number of nitrogens with one attached hydrogen (secondary N) is 1. The van der Waals surface area contributed by atoms with Crippen LogP contribution >= 0.6 is 0 Å². The van der Waals surface area contributed by atoms with Crippen molar-refractivity contribution >= 4 is 17.6 Å². The van der Waals surface area contributed by atoms with E-state index < -0.39 is 59.6 Å². The zero-order valence-corrected chi connectivity index (χ0v) is 23.5. The number of hydrogen-bond donors (Lipinski definition) is 2. The quantitative estimate of drug-likeness (QED) is 0.285. The van der Waals surface area contributed by atoms with Crippen LogP contribution < -0.4 is 15.0 Å². The predicted octanol–water partition coefficient (Wildman–Crippen LogP) is 4.93. The predicted molar refractivity (Wildman–Crippen MR) is 152 cm³/mol. The topological polar surface area (TPSA) is 105 Å². The van der Waals surface area contributed by atoms with Gasteiger partial charge in [-0.15, -0.1) is 0 Å². The molecular formula is C32H29F3N4O4. The van der Waals surface area contributed by atoms with Gasteiger partial charge in [0, 0.05) is 40.3 Å². The van der Waals surface area contributed by atoms with E-state index in [1.807, 2.05) is 19.9 Å². The number of nitrogens with zero attached hydrogens (tertiary/aromatic N) is 3. The minimum Gasteiger partial charge on any atom is -0.478 e. The maximum absolute atomic E-state index is 14.7. The van der Waals surface area contributed by atoms with Gasteiger partial charge >= 0.3 is 12.0 Å². The molecule has 0 bridgehead atoms. The molecule has 2 heterocycles. The van der Waals surface area contributed by atoms with Crippen LogP contribution in [0.1, 0.15) is 41.9 Å². The average Bonchev–Trinajstić information content (AvgIpc) is 3.12. The highest BCUT2D eigenvalue weighted by Gasteiger charge is 2.52. The Balaban J connectivity index is 1.72. The fourth-order valence-electron chi connectivity index (χ4n) is 5.35. The molecule has 222 valence electrons. The second kappa shape index (κ2) is 12.2. The molecule has 0 saturated carbocycles. The summed E-state index contributed by atoms with van der Waals surface area (Å²) in [6.07, 6.45) is -0.580. The van der Waals surface area contributed by atoms with Gasteiger partial charge in [-0.25, -0.2) is 27.9 Å². The van der Waals surface area contributed by atoms with Gasteiger partial charge in [-0.2, -0.15) is 0 Å². The highest BCUT2D eigenvalue weighted by molar-refractivity contribution is 5.97. The number of aliphatic carboxylic acids is 1. The van der Waals surface area contributed by atoms with Crippen LogP contribution in [0.15, 0.2) is 72.8 Å². The second-order valence-electron chi connectivity index (χ2n) is 10.0. The Morgan fingerprint density at radius 3 is 2.19 bits per heavy atom. The van der Waals surface area contributed by atoms with Crippen molar-refractivity contribution in [2.24, 2.45) is 0 Å². The first kappa shape index (κ1) is 29.7. The van der Waals surface area contributed by atoms with Gasteiger partial charge in [-0.05, 0) is 30.5 Å². The van der Waals surface area contributed by atoms with Crippen molar-refractivity contribution < 1.29 is 32.6 Å². The summed E-state index contributed by atoms with van der Waals surface area (Å²) in [6, 6.07) is 17.8. The molecule has 2 unspecified atom stereocenters. The molecule has 8 nitrogen and oxygen atoms in total. The molecule has 0 spiro atoms. The number of carbonyl (C=O) groups is 2. The lowest BCUT2D eigenvalue weighted by Crippen LogP contribution is -2.58. The number of fused-ring (bicyclic) bond motifs is 1. The van der Waals surface area contributed by atoms with Crippen molar-refractivity contribution in [1.82, 2.24) is 15.3 Å². The van der Waals surface area contributed by atoms with Gasteiger partial charge in [0.1, 0.15) is 23.0 Å². The molecule has 5 rings (SSSR count). The largest absolute Gasteiger partial charge is 0.478 e. The smallest absolute Gasteiger partial charge is 0.347 e. The second-order valence-corrected chi connectivity index (χ2v) is 10.0. The maximum atomic E-state index is 14.7. The number of carboxylic acids is 1. The summed E-state index contributed by atoms with van der Waals surface area (Å²) in [5.74, 6) is -5.36. The van der Waals surface area contributed by atoms with E-state index in [0.717, 1.165) is 4.90 Å². The number of carbonyl (C=O) groups excluding carboxylic acids is 1. The standard InChI is InChI=1S/C32H29F3N4O4/c1-3-21-16-22(4-2)38-31(37-21)43-29(30(41)42)32(19-10-6-5-7-11-19)24-12-8-9-13-27(24)39(28(40)17-36-32)18-23-25(34)14-20(33)15-26(23)35/h5-16,29,36H,3-4,17-18H2,1-2H3,(H,41,42). The number of ether oxygens (including phenoxy) is 1. The number of aryl methyl sites for hydroxylation is 2. The fourth-order valence-corrected chi connectivity index (χ4v) is 5.35. The van der Waals surface area contributed by atoms with Gasteiger partial charge in [0.2, 0.25) is 12.0 Å². The SMILES string of the molecule is CCc1cc(CC)nc(OC(C(=O)O)C2(c3ccccc3)NCC(=O)N(Cc3c(F)cc(F)cc3F)c3ccccc32)n1. The molecule has 3 aromatic carbocycles. The van der Waals surface area contributed by atoms with E-state index in [-0.39, 0.29) is 11.7 Å². The van der Waals surface area contributed by atoms with Crippen LogP contribution in [-0.2, 0) is 34.5 Å². The highest BCUT2D eigenvalue weighted by Crippen LogP contribution is 2.42. The normalized spacial score (nSPS) is 17.2. The third-order valence-corrected chi connectivity index (χ3v) is 7.47. The minimum absolute atomic E-state index is 0.138. The number of benzene rings is 3. The molecule has 2 N–H and O–H groups in total. The number of aromatic nitrogens is 2. The van der Waals surface area contributed by atoms with Gasteiger partial charge in [0.25, 0.3) is 0 Å². The number of halogens is 3. The zero-order chi connectivity index (χ0) is 30.7. The Hall–Kier alpha value is -4.77. The lowest BCUT2D eigenvalue weighted by Gasteiger charge is -2.39. The molecular weight excluding hydrogens is 561 g/mol. The summed E-state index contributed by atoms with van der Waals surface area (Å²) in [5, 5.41) is 13.8. The number of hydrogen-bond acceptors (Lipinski definition) is 6. The lowest BCUT2D eigenvalue weighted by atomic mass is 9.77. The number of para-hydroxylation sites is 1. The van der Waals surface area contributed by atoms with Gasteiger partial charge in [0.05, 0.1) is 13.1 Å². The van der Waals surface area contributed by atoms with E-state index in [9.17, 15) is 27.9 Å². The third-order valence-electron chi connectivity index (χ3n) is 7.47. The van der Waals surface area contributed by atoms with Crippen molar-refractivity contribution in [3.63, 3.8) is 0 Å².